The summed E-state index contributed by atoms with van der Waals surface area (Å²) >= 11 is 12.4. The molecule has 3 aromatic rings. The Hall–Kier alpha value is -3.16. The summed E-state index contributed by atoms with van der Waals surface area (Å²) in [6, 6.07) is 14.7. The molecule has 0 unspecified atom stereocenters. The minimum absolute atomic E-state index is 0.189. The highest BCUT2D eigenvalue weighted by molar-refractivity contribution is 6.33. The van der Waals surface area contributed by atoms with Gasteiger partial charge in [0.05, 0.1) is 13.7 Å². The van der Waals surface area contributed by atoms with Gasteiger partial charge in [-0.05, 0) is 48.6 Å². The van der Waals surface area contributed by atoms with Crippen LogP contribution in [0, 0.1) is 5.92 Å². The fourth-order valence-electron chi connectivity index (χ4n) is 4.24. The molecule has 0 spiro atoms. The molecular formula is C27H30Cl2N3O4+. The van der Waals surface area contributed by atoms with Gasteiger partial charge in [-0.1, -0.05) is 35.3 Å². The van der Waals surface area contributed by atoms with E-state index < -0.39 is 0 Å². The van der Waals surface area contributed by atoms with Gasteiger partial charge >= 0.3 is 0 Å². The topological polar surface area (TPSA) is 74.9 Å². The normalized spacial score (nSPS) is 13.9. The van der Waals surface area contributed by atoms with E-state index in [0.717, 1.165) is 41.9 Å². The first kappa shape index (κ1) is 25.9. The van der Waals surface area contributed by atoms with E-state index in [0.29, 0.717) is 52.6 Å². The number of pyridine rings is 1. The summed E-state index contributed by atoms with van der Waals surface area (Å²) in [5.41, 5.74) is 2.61. The van der Waals surface area contributed by atoms with Crippen molar-refractivity contribution < 1.29 is 24.2 Å². The number of rotatable bonds is 9. The lowest BCUT2D eigenvalue weighted by atomic mass is 9.96. The van der Waals surface area contributed by atoms with Gasteiger partial charge in [0.15, 0.2) is 0 Å². The van der Waals surface area contributed by atoms with Crippen LogP contribution in [-0.2, 0) is 6.42 Å². The first-order valence-corrected chi connectivity index (χ1v) is 12.7. The Bertz CT molecular complexity index is 1160. The second kappa shape index (κ2) is 12.2. The molecule has 4 rings (SSSR count). The van der Waals surface area contributed by atoms with Crippen molar-refractivity contribution in [3.05, 3.63) is 82.1 Å². The molecule has 7 nitrogen and oxygen atoms in total. The van der Waals surface area contributed by atoms with Gasteiger partial charge in [0, 0.05) is 59.2 Å². The third kappa shape index (κ3) is 6.74. The number of halogens is 2. The predicted molar refractivity (Wildman–Crippen MR) is 140 cm³/mol. The van der Waals surface area contributed by atoms with Gasteiger partial charge in [0.25, 0.3) is 5.91 Å². The molecule has 190 valence electrons. The molecule has 0 bridgehead atoms. The second-order valence-electron chi connectivity index (χ2n) is 8.79. The van der Waals surface area contributed by atoms with E-state index in [4.69, 9.17) is 32.7 Å². The van der Waals surface area contributed by atoms with Crippen LogP contribution in [-0.4, -0.2) is 44.5 Å². The van der Waals surface area contributed by atoms with Gasteiger partial charge < -0.3 is 19.7 Å². The van der Waals surface area contributed by atoms with Gasteiger partial charge in [-0.15, -0.1) is 0 Å². The Morgan fingerprint density at radius 3 is 2.42 bits per heavy atom. The van der Waals surface area contributed by atoms with E-state index in [1.165, 1.54) is 7.11 Å². The number of benzene rings is 2. The first-order valence-electron chi connectivity index (χ1n) is 11.9. The molecule has 1 amide bonds. The van der Waals surface area contributed by atoms with Crippen molar-refractivity contribution >= 4 is 34.8 Å². The van der Waals surface area contributed by atoms with Crippen LogP contribution in [0.2, 0.25) is 10.0 Å². The molecule has 1 aliphatic heterocycles. The van der Waals surface area contributed by atoms with Crippen LogP contribution < -0.4 is 24.4 Å². The Labute approximate surface area is 221 Å². The number of carbonyl (C=O) groups excluding carboxylic acids is 1. The Morgan fingerprint density at radius 2 is 1.75 bits per heavy atom. The summed E-state index contributed by atoms with van der Waals surface area (Å²) < 4.78 is 12.3. The molecule has 36 heavy (non-hydrogen) atoms. The minimum atomic E-state index is -0.189. The number of hydrogen-bond acceptors (Lipinski definition) is 5. The number of nitrogens with one attached hydrogen (secondary N) is 1. The molecule has 1 saturated heterocycles. The summed E-state index contributed by atoms with van der Waals surface area (Å²) in [5.74, 6) is 1.01. The zero-order chi connectivity index (χ0) is 25.5. The highest BCUT2D eigenvalue weighted by atomic mass is 35.5. The van der Waals surface area contributed by atoms with Crippen LogP contribution in [0.1, 0.15) is 28.8 Å². The number of ether oxygens (including phenoxy) is 2. The Kier molecular flexibility index (Phi) is 8.78. The molecule has 0 radical (unpaired) electrons. The van der Waals surface area contributed by atoms with E-state index in [2.05, 4.69) is 10.2 Å². The lowest BCUT2D eigenvalue weighted by Crippen LogP contribution is -2.39. The van der Waals surface area contributed by atoms with Crippen LogP contribution in [0.25, 0.3) is 0 Å². The third-order valence-electron chi connectivity index (χ3n) is 6.38. The van der Waals surface area contributed by atoms with Crippen molar-refractivity contribution in [2.24, 2.45) is 5.92 Å². The summed E-state index contributed by atoms with van der Waals surface area (Å²) in [5, 5.41) is 13.5. The zero-order valence-electron chi connectivity index (χ0n) is 20.1. The van der Waals surface area contributed by atoms with E-state index in [9.17, 15) is 10.0 Å². The second-order valence-corrected chi connectivity index (χ2v) is 9.61. The summed E-state index contributed by atoms with van der Waals surface area (Å²) in [7, 11) is 1.51. The number of carbonyl (C=O) groups is 1. The Morgan fingerprint density at radius 1 is 1.08 bits per heavy atom. The molecule has 2 heterocycles. The van der Waals surface area contributed by atoms with Crippen LogP contribution in [0.4, 0.5) is 5.69 Å². The number of anilines is 1. The van der Waals surface area contributed by atoms with Gasteiger partial charge in [0.1, 0.15) is 16.5 Å². The average Bonchev–Trinajstić information content (AvgIpc) is 2.90. The highest BCUT2D eigenvalue weighted by Gasteiger charge is 2.22. The van der Waals surface area contributed by atoms with Crippen molar-refractivity contribution in [1.82, 2.24) is 5.32 Å². The molecule has 1 aromatic heterocycles. The summed E-state index contributed by atoms with van der Waals surface area (Å²) in [6.45, 7) is 2.79. The van der Waals surface area contributed by atoms with Gasteiger partial charge in [-0.3, -0.25) is 10.0 Å². The fourth-order valence-corrected chi connectivity index (χ4v) is 4.61. The molecule has 0 atom stereocenters. The standard InChI is InChI=1S/C27H29Cl2N3O4/c1-35-24-16-21(17-25(26(24)29)36-15-10-19-2-4-22(28)5-3-19)27(33)30-18-20-6-11-31(12-7-20)23-8-13-32(34)14-9-23/h2-5,8-9,13-14,16-17,20H,6-7,10-12,15,18H2,1H3,(H-,30,33,34)/p+1. The number of amides is 1. The molecule has 1 fully saturated rings. The van der Waals surface area contributed by atoms with Crippen molar-refractivity contribution in [2.45, 2.75) is 19.3 Å². The van der Waals surface area contributed by atoms with Crippen molar-refractivity contribution in [2.75, 3.05) is 38.3 Å². The molecule has 0 saturated carbocycles. The molecule has 9 heteroatoms. The largest absolute Gasteiger partial charge is 0.495 e. The van der Waals surface area contributed by atoms with Gasteiger partial charge in [0.2, 0.25) is 12.4 Å². The lowest BCUT2D eigenvalue weighted by molar-refractivity contribution is -0.904. The van der Waals surface area contributed by atoms with E-state index >= 15 is 0 Å². The van der Waals surface area contributed by atoms with E-state index in [1.807, 2.05) is 36.4 Å². The van der Waals surface area contributed by atoms with Crippen LogP contribution in [0.15, 0.2) is 60.9 Å². The molecular weight excluding hydrogens is 501 g/mol. The van der Waals surface area contributed by atoms with Crippen LogP contribution in [0.5, 0.6) is 11.5 Å². The van der Waals surface area contributed by atoms with Crippen molar-refractivity contribution in [1.29, 1.82) is 0 Å². The van der Waals surface area contributed by atoms with Crippen molar-refractivity contribution in [3.63, 3.8) is 0 Å². The first-order chi connectivity index (χ1) is 17.4. The maximum absolute atomic E-state index is 12.9. The summed E-state index contributed by atoms with van der Waals surface area (Å²) in [6.07, 6.45) is 5.86. The average molecular weight is 531 g/mol. The Balaban J connectivity index is 1.31. The predicted octanol–water partition coefficient (Wildman–Crippen LogP) is 4.79. The minimum Gasteiger partial charge on any atom is -0.495 e. The van der Waals surface area contributed by atoms with Crippen LogP contribution >= 0.6 is 23.2 Å². The third-order valence-corrected chi connectivity index (χ3v) is 7.00. The number of piperidine rings is 1. The molecule has 1 aliphatic rings. The maximum Gasteiger partial charge on any atom is 0.251 e. The smallest absolute Gasteiger partial charge is 0.251 e. The number of methoxy groups -OCH3 is 1. The van der Waals surface area contributed by atoms with Crippen molar-refractivity contribution in [3.8, 4) is 11.5 Å². The highest BCUT2D eigenvalue weighted by Crippen LogP contribution is 2.35. The molecule has 2 N–H and O–H groups in total. The zero-order valence-corrected chi connectivity index (χ0v) is 21.6. The number of hydrogen-bond donors (Lipinski definition) is 2. The quantitative estimate of drug-likeness (QED) is 0.307. The lowest BCUT2D eigenvalue weighted by Gasteiger charge is -2.33. The fraction of sp³-hybridized carbons (Fsp3) is 0.333. The molecule has 2 aromatic carbocycles. The SMILES string of the molecule is COc1cc(C(=O)NCC2CCN(c3cc[n+](O)cc3)CC2)cc(OCCc2ccc(Cl)cc2)c1Cl. The van der Waals surface area contributed by atoms with E-state index in [1.54, 1.807) is 24.5 Å². The maximum atomic E-state index is 12.9. The van der Waals surface area contributed by atoms with Crippen LogP contribution in [0.3, 0.4) is 0 Å². The monoisotopic (exact) mass is 530 g/mol. The number of nitrogens with zero attached hydrogens (tertiary/aromatic N) is 2. The summed E-state index contributed by atoms with van der Waals surface area (Å²) in [4.78, 5) is 15.2. The molecule has 0 aliphatic carbocycles. The van der Waals surface area contributed by atoms with Gasteiger partial charge in [-0.25, -0.2) is 0 Å². The number of aromatic nitrogens is 1. The van der Waals surface area contributed by atoms with Gasteiger partial charge in [-0.2, -0.15) is 0 Å². The van der Waals surface area contributed by atoms with E-state index in [-0.39, 0.29) is 5.91 Å².